The number of nitrogens with zero attached hydrogens (tertiary/aromatic N) is 1. The Labute approximate surface area is 111 Å². The zero-order valence-electron chi connectivity index (χ0n) is 10.1. The van der Waals surface area contributed by atoms with E-state index in [1.807, 2.05) is 12.1 Å². The maximum atomic E-state index is 11.3. The summed E-state index contributed by atoms with van der Waals surface area (Å²) in [4.78, 5) is 14.8. The molecule has 2 aromatic rings. The number of carbonyl (C=O) groups is 1. The van der Waals surface area contributed by atoms with Gasteiger partial charge in [-0.05, 0) is 42.0 Å². The van der Waals surface area contributed by atoms with E-state index in [0.29, 0.717) is 0 Å². The molecule has 1 aromatic heterocycles. The largest absolute Gasteiger partial charge is 0.371 e. The Balaban J connectivity index is 1.99. The summed E-state index contributed by atoms with van der Waals surface area (Å²) in [5, 5.41) is 2.06. The van der Waals surface area contributed by atoms with Crippen LogP contribution in [0.3, 0.4) is 0 Å². The molecular weight excluding hydrogens is 242 g/mol. The molecule has 1 aliphatic heterocycles. The Morgan fingerprint density at radius 1 is 1.17 bits per heavy atom. The third kappa shape index (κ3) is 2.06. The Bertz CT molecular complexity index is 542. The highest BCUT2D eigenvalue weighted by atomic mass is 32.1. The zero-order chi connectivity index (χ0) is 12.4. The molecule has 1 aromatic carbocycles. The summed E-state index contributed by atoms with van der Waals surface area (Å²) < 4.78 is 0. The molecule has 0 spiro atoms. The molecule has 2 nitrogen and oxygen atoms in total. The fraction of sp³-hybridized carbons (Fsp3) is 0.267. The van der Waals surface area contributed by atoms with Crippen LogP contribution in [-0.4, -0.2) is 19.4 Å². The van der Waals surface area contributed by atoms with Gasteiger partial charge in [-0.25, -0.2) is 0 Å². The molecule has 3 rings (SSSR count). The first-order chi connectivity index (χ1) is 8.88. The molecule has 1 aliphatic rings. The molecule has 0 atom stereocenters. The number of hydrogen-bond acceptors (Lipinski definition) is 3. The molecule has 0 saturated carbocycles. The second kappa shape index (κ2) is 4.94. The minimum Gasteiger partial charge on any atom is -0.371 e. The minimum absolute atomic E-state index is 0.808. The van der Waals surface area contributed by atoms with Crippen LogP contribution in [0.25, 0.3) is 10.4 Å². The van der Waals surface area contributed by atoms with Crippen LogP contribution in [0.2, 0.25) is 0 Å². The third-order valence-corrected chi connectivity index (χ3v) is 4.33. The summed E-state index contributed by atoms with van der Waals surface area (Å²) in [6.07, 6.45) is 3.43. The smallest absolute Gasteiger partial charge is 0.152 e. The van der Waals surface area contributed by atoms with Crippen LogP contribution >= 0.6 is 11.3 Å². The van der Waals surface area contributed by atoms with E-state index in [2.05, 4.69) is 28.5 Å². The fourth-order valence-electron chi connectivity index (χ4n) is 2.49. The molecule has 2 heterocycles. The summed E-state index contributed by atoms with van der Waals surface area (Å²) in [6.45, 7) is 2.14. The first kappa shape index (κ1) is 11.5. The van der Waals surface area contributed by atoms with Crippen molar-refractivity contribution in [2.45, 2.75) is 12.8 Å². The van der Waals surface area contributed by atoms with Gasteiger partial charge in [0.2, 0.25) is 0 Å². The Kier molecular flexibility index (Phi) is 3.15. The van der Waals surface area contributed by atoms with E-state index in [1.54, 1.807) is 11.3 Å². The average molecular weight is 257 g/mol. The molecule has 92 valence electrons. The van der Waals surface area contributed by atoms with Crippen molar-refractivity contribution in [2.75, 3.05) is 18.0 Å². The fourth-order valence-corrected chi connectivity index (χ4v) is 3.21. The van der Waals surface area contributed by atoms with Gasteiger partial charge in [-0.3, -0.25) is 4.79 Å². The minimum atomic E-state index is 0.808. The average Bonchev–Trinajstić information content (AvgIpc) is 3.11. The zero-order valence-corrected chi connectivity index (χ0v) is 11.0. The lowest BCUT2D eigenvalue weighted by Crippen LogP contribution is -2.19. The van der Waals surface area contributed by atoms with E-state index in [1.165, 1.54) is 17.7 Å². The molecule has 1 saturated heterocycles. The van der Waals surface area contributed by atoms with Gasteiger partial charge in [0.25, 0.3) is 0 Å². The van der Waals surface area contributed by atoms with Gasteiger partial charge in [-0.15, -0.1) is 11.3 Å². The summed E-state index contributed by atoms with van der Waals surface area (Å²) in [5.74, 6) is 0. The van der Waals surface area contributed by atoms with Crippen LogP contribution in [-0.2, 0) is 0 Å². The topological polar surface area (TPSA) is 20.3 Å². The number of aldehydes is 1. The van der Waals surface area contributed by atoms with Crippen LogP contribution in [0.1, 0.15) is 23.2 Å². The van der Waals surface area contributed by atoms with Gasteiger partial charge in [0, 0.05) is 29.2 Å². The lowest BCUT2D eigenvalue weighted by atomic mass is 10.1. The number of benzene rings is 1. The number of anilines is 1. The SMILES string of the molecule is O=Cc1cc(-c2cccs2)ccc1N1CCCC1. The Morgan fingerprint density at radius 3 is 2.67 bits per heavy atom. The maximum absolute atomic E-state index is 11.3. The predicted molar refractivity (Wildman–Crippen MR) is 76.6 cm³/mol. The van der Waals surface area contributed by atoms with Gasteiger partial charge in [0.1, 0.15) is 0 Å². The van der Waals surface area contributed by atoms with Gasteiger partial charge in [-0.1, -0.05) is 12.1 Å². The first-order valence-electron chi connectivity index (χ1n) is 6.26. The number of rotatable bonds is 3. The van der Waals surface area contributed by atoms with Crippen molar-refractivity contribution >= 4 is 23.3 Å². The molecule has 0 amide bonds. The highest BCUT2D eigenvalue weighted by Crippen LogP contribution is 2.30. The summed E-state index contributed by atoms with van der Waals surface area (Å²) in [5.41, 5.74) is 3.03. The van der Waals surface area contributed by atoms with E-state index in [-0.39, 0.29) is 0 Å². The van der Waals surface area contributed by atoms with Crippen molar-refractivity contribution in [3.05, 3.63) is 41.3 Å². The number of hydrogen-bond donors (Lipinski definition) is 0. The molecule has 0 N–H and O–H groups in total. The van der Waals surface area contributed by atoms with Crippen LogP contribution in [0.15, 0.2) is 35.7 Å². The number of carbonyl (C=O) groups excluding carboxylic acids is 1. The quantitative estimate of drug-likeness (QED) is 0.779. The predicted octanol–water partition coefficient (Wildman–Crippen LogP) is 3.83. The van der Waals surface area contributed by atoms with Crippen molar-refractivity contribution in [1.29, 1.82) is 0 Å². The molecule has 18 heavy (non-hydrogen) atoms. The standard InChI is InChI=1S/C15H15NOS/c17-11-13-10-12(15-4-3-9-18-15)5-6-14(13)16-7-1-2-8-16/h3-6,9-11H,1-2,7-8H2. The Morgan fingerprint density at radius 2 is 2.00 bits per heavy atom. The van der Waals surface area contributed by atoms with E-state index in [4.69, 9.17) is 0 Å². The van der Waals surface area contributed by atoms with Crippen molar-refractivity contribution in [2.24, 2.45) is 0 Å². The maximum Gasteiger partial charge on any atom is 0.152 e. The van der Waals surface area contributed by atoms with E-state index < -0.39 is 0 Å². The van der Waals surface area contributed by atoms with Gasteiger partial charge in [-0.2, -0.15) is 0 Å². The molecule has 1 fully saturated rings. The molecule has 3 heteroatoms. The van der Waals surface area contributed by atoms with E-state index in [0.717, 1.165) is 36.2 Å². The normalized spacial score (nSPS) is 15.0. The third-order valence-electron chi connectivity index (χ3n) is 3.41. The lowest BCUT2D eigenvalue weighted by molar-refractivity contribution is 0.112. The molecule has 0 aliphatic carbocycles. The van der Waals surface area contributed by atoms with Gasteiger partial charge in [0.05, 0.1) is 0 Å². The summed E-state index contributed by atoms with van der Waals surface area (Å²) >= 11 is 1.70. The Hall–Kier alpha value is -1.61. The van der Waals surface area contributed by atoms with Gasteiger partial charge < -0.3 is 4.90 Å². The van der Waals surface area contributed by atoms with Crippen LogP contribution in [0.4, 0.5) is 5.69 Å². The first-order valence-corrected chi connectivity index (χ1v) is 7.14. The molecule has 0 unspecified atom stereocenters. The van der Waals surface area contributed by atoms with Crippen molar-refractivity contribution in [1.82, 2.24) is 0 Å². The second-order valence-electron chi connectivity index (χ2n) is 4.56. The summed E-state index contributed by atoms with van der Waals surface area (Å²) in [7, 11) is 0. The van der Waals surface area contributed by atoms with Crippen molar-refractivity contribution < 1.29 is 4.79 Å². The number of thiophene rings is 1. The summed E-state index contributed by atoms with van der Waals surface area (Å²) in [6, 6.07) is 10.3. The van der Waals surface area contributed by atoms with Crippen molar-refractivity contribution in [3.63, 3.8) is 0 Å². The molecule has 0 bridgehead atoms. The van der Waals surface area contributed by atoms with Crippen molar-refractivity contribution in [3.8, 4) is 10.4 Å². The molecular formula is C15H15NOS. The lowest BCUT2D eigenvalue weighted by Gasteiger charge is -2.19. The van der Waals surface area contributed by atoms with Crippen LogP contribution in [0, 0.1) is 0 Å². The van der Waals surface area contributed by atoms with Crippen LogP contribution < -0.4 is 4.90 Å². The van der Waals surface area contributed by atoms with E-state index >= 15 is 0 Å². The monoisotopic (exact) mass is 257 g/mol. The second-order valence-corrected chi connectivity index (χ2v) is 5.51. The van der Waals surface area contributed by atoms with Crippen LogP contribution in [0.5, 0.6) is 0 Å². The van der Waals surface area contributed by atoms with Gasteiger partial charge in [0.15, 0.2) is 6.29 Å². The molecule has 0 radical (unpaired) electrons. The highest BCUT2D eigenvalue weighted by molar-refractivity contribution is 7.13. The van der Waals surface area contributed by atoms with E-state index in [9.17, 15) is 4.79 Å². The van der Waals surface area contributed by atoms with Gasteiger partial charge >= 0.3 is 0 Å². The highest BCUT2D eigenvalue weighted by Gasteiger charge is 2.16.